The highest BCUT2D eigenvalue weighted by atomic mass is 35.5. The lowest BCUT2D eigenvalue weighted by atomic mass is 10.0. The Morgan fingerprint density at radius 3 is 2.78 bits per heavy atom. The molecule has 6 heteroatoms. The molecule has 1 fully saturated rings. The molecule has 162 valence electrons. The molecule has 5 nitrogen and oxygen atoms in total. The summed E-state index contributed by atoms with van der Waals surface area (Å²) in [5.74, 6) is 4.02. The lowest BCUT2D eigenvalue weighted by Crippen LogP contribution is -2.24. The number of carbonyl (C=O) groups excluding carboxylic acids is 2. The molecule has 3 aromatic rings. The van der Waals surface area contributed by atoms with Crippen LogP contribution >= 0.6 is 11.6 Å². The van der Waals surface area contributed by atoms with Gasteiger partial charge >= 0.3 is 0 Å². The van der Waals surface area contributed by atoms with Gasteiger partial charge in [0.2, 0.25) is 0 Å². The van der Waals surface area contributed by atoms with Gasteiger partial charge in [-0.25, -0.2) is 0 Å². The molecule has 2 aromatic carbocycles. The molecule has 0 unspecified atom stereocenters. The SMILES string of the molecule is C#CCNC(=O)c1cc2c(Oc3ccc(CC(=O)CC4CC4)c(Cl)c3)ccnc2cc1C. The Kier molecular flexibility index (Phi) is 6.43. The van der Waals surface area contributed by atoms with Crippen molar-refractivity contribution < 1.29 is 14.3 Å². The van der Waals surface area contributed by atoms with Crippen molar-refractivity contribution in [3.05, 3.63) is 64.3 Å². The summed E-state index contributed by atoms with van der Waals surface area (Å²) in [7, 11) is 0. The number of hydrogen-bond donors (Lipinski definition) is 1. The summed E-state index contributed by atoms with van der Waals surface area (Å²) in [4.78, 5) is 29.0. The second-order valence-corrected chi connectivity index (χ2v) is 8.51. The highest BCUT2D eigenvalue weighted by Crippen LogP contribution is 2.35. The van der Waals surface area contributed by atoms with E-state index in [1.165, 1.54) is 0 Å². The van der Waals surface area contributed by atoms with E-state index in [-0.39, 0.29) is 18.2 Å². The number of aromatic nitrogens is 1. The minimum absolute atomic E-state index is 0.153. The van der Waals surface area contributed by atoms with Crippen LogP contribution in [-0.2, 0) is 11.2 Å². The van der Waals surface area contributed by atoms with Gasteiger partial charge in [0.15, 0.2) is 0 Å². The third-order valence-electron chi connectivity index (χ3n) is 5.50. The van der Waals surface area contributed by atoms with Crippen molar-refractivity contribution in [2.75, 3.05) is 6.54 Å². The number of benzene rings is 2. The normalized spacial score (nSPS) is 12.9. The van der Waals surface area contributed by atoms with Gasteiger partial charge in [-0.3, -0.25) is 14.6 Å². The van der Waals surface area contributed by atoms with E-state index in [9.17, 15) is 9.59 Å². The Hall–Kier alpha value is -3.36. The molecule has 1 aliphatic carbocycles. The van der Waals surface area contributed by atoms with Crippen LogP contribution in [0.2, 0.25) is 5.02 Å². The molecule has 4 rings (SSSR count). The van der Waals surface area contributed by atoms with E-state index in [1.54, 1.807) is 30.5 Å². The molecule has 1 amide bonds. The first-order chi connectivity index (χ1) is 15.4. The molecule has 1 N–H and O–H groups in total. The van der Waals surface area contributed by atoms with Crippen molar-refractivity contribution in [2.24, 2.45) is 5.92 Å². The van der Waals surface area contributed by atoms with Gasteiger partial charge in [0.05, 0.1) is 12.1 Å². The molecule has 1 heterocycles. The van der Waals surface area contributed by atoms with Crippen LogP contribution in [0.5, 0.6) is 11.5 Å². The molecule has 0 spiro atoms. The predicted octanol–water partition coefficient (Wildman–Crippen LogP) is 5.26. The number of fused-ring (bicyclic) bond motifs is 1. The zero-order valence-corrected chi connectivity index (χ0v) is 18.5. The quantitative estimate of drug-likeness (QED) is 0.479. The summed E-state index contributed by atoms with van der Waals surface area (Å²) in [6.45, 7) is 2.00. The lowest BCUT2D eigenvalue weighted by Gasteiger charge is -2.13. The summed E-state index contributed by atoms with van der Waals surface area (Å²) in [6.07, 6.45) is 10.2. The van der Waals surface area contributed by atoms with Gasteiger partial charge in [0.25, 0.3) is 5.91 Å². The number of halogens is 1. The largest absolute Gasteiger partial charge is 0.457 e. The van der Waals surface area contributed by atoms with E-state index in [0.717, 1.165) is 24.0 Å². The fourth-order valence-corrected chi connectivity index (χ4v) is 3.86. The second kappa shape index (κ2) is 9.42. The number of ketones is 1. The van der Waals surface area contributed by atoms with Crippen LogP contribution in [-0.4, -0.2) is 23.2 Å². The van der Waals surface area contributed by atoms with Gasteiger partial charge in [-0.05, 0) is 67.1 Å². The van der Waals surface area contributed by atoms with Crippen LogP contribution in [0, 0.1) is 25.2 Å². The molecule has 1 aliphatic rings. The van der Waals surface area contributed by atoms with E-state index >= 15 is 0 Å². The number of carbonyl (C=O) groups is 2. The molecule has 0 atom stereocenters. The molecule has 0 bridgehead atoms. The first-order valence-electron chi connectivity index (χ1n) is 10.5. The number of ether oxygens (including phenoxy) is 1. The maximum atomic E-state index is 12.5. The van der Waals surface area contributed by atoms with Crippen molar-refractivity contribution in [3.8, 4) is 23.8 Å². The number of hydrogen-bond acceptors (Lipinski definition) is 4. The van der Waals surface area contributed by atoms with E-state index in [4.69, 9.17) is 22.8 Å². The first kappa shape index (κ1) is 21.9. The second-order valence-electron chi connectivity index (χ2n) is 8.10. The van der Waals surface area contributed by atoms with Gasteiger partial charge in [0.1, 0.15) is 17.3 Å². The van der Waals surface area contributed by atoms with Crippen LogP contribution in [0.4, 0.5) is 0 Å². The van der Waals surface area contributed by atoms with Gasteiger partial charge in [0, 0.05) is 35.0 Å². The lowest BCUT2D eigenvalue weighted by molar-refractivity contribution is -0.118. The highest BCUT2D eigenvalue weighted by molar-refractivity contribution is 6.31. The van der Waals surface area contributed by atoms with Gasteiger partial charge in [-0.15, -0.1) is 6.42 Å². The minimum Gasteiger partial charge on any atom is -0.457 e. The topological polar surface area (TPSA) is 68.3 Å². The van der Waals surface area contributed by atoms with Crippen LogP contribution in [0.25, 0.3) is 10.9 Å². The minimum atomic E-state index is -0.250. The predicted molar refractivity (Wildman–Crippen MR) is 125 cm³/mol. The summed E-state index contributed by atoms with van der Waals surface area (Å²) < 4.78 is 6.09. The number of nitrogens with one attached hydrogen (secondary N) is 1. The number of nitrogens with zero attached hydrogens (tertiary/aromatic N) is 1. The molecule has 32 heavy (non-hydrogen) atoms. The molecule has 0 aliphatic heterocycles. The van der Waals surface area contributed by atoms with Crippen molar-refractivity contribution in [1.82, 2.24) is 10.3 Å². The Labute approximate surface area is 192 Å². The smallest absolute Gasteiger partial charge is 0.252 e. The van der Waals surface area contributed by atoms with Crippen LogP contribution < -0.4 is 10.1 Å². The third-order valence-corrected chi connectivity index (χ3v) is 5.85. The van der Waals surface area contributed by atoms with Crippen molar-refractivity contribution in [2.45, 2.75) is 32.6 Å². The molecule has 0 radical (unpaired) electrons. The van der Waals surface area contributed by atoms with Crippen LogP contribution in [0.1, 0.15) is 40.7 Å². The monoisotopic (exact) mass is 446 g/mol. The van der Waals surface area contributed by atoms with E-state index in [1.807, 2.05) is 19.1 Å². The van der Waals surface area contributed by atoms with E-state index in [0.29, 0.717) is 51.7 Å². The zero-order chi connectivity index (χ0) is 22.7. The fourth-order valence-electron chi connectivity index (χ4n) is 3.62. The standard InChI is InChI=1S/C26H23ClN2O3/c1-3-9-29-26(31)21-15-22-24(11-16(21)2)28-10-8-25(22)32-20-7-6-18(23(27)14-20)13-19(30)12-17-4-5-17/h1,6-8,10-11,14-15,17H,4-5,9,12-13H2,2H3,(H,29,31). The summed E-state index contributed by atoms with van der Waals surface area (Å²) in [5, 5.41) is 3.88. The van der Waals surface area contributed by atoms with E-state index < -0.39 is 0 Å². The maximum Gasteiger partial charge on any atom is 0.252 e. The number of Topliss-reactive ketones (excluding diaryl/α,β-unsaturated/α-hetero) is 1. The Bertz CT molecular complexity index is 1240. The maximum absolute atomic E-state index is 12.5. The summed E-state index contributed by atoms with van der Waals surface area (Å²) in [6, 6.07) is 10.7. The molecule has 1 aromatic heterocycles. The van der Waals surface area contributed by atoms with Crippen molar-refractivity contribution >= 4 is 34.2 Å². The zero-order valence-electron chi connectivity index (χ0n) is 17.8. The van der Waals surface area contributed by atoms with Gasteiger partial charge < -0.3 is 10.1 Å². The number of pyridine rings is 1. The van der Waals surface area contributed by atoms with Gasteiger partial charge in [-0.1, -0.05) is 23.6 Å². The number of rotatable bonds is 8. The molecule has 0 saturated heterocycles. The van der Waals surface area contributed by atoms with Crippen LogP contribution in [0.3, 0.4) is 0 Å². The van der Waals surface area contributed by atoms with Gasteiger partial charge in [-0.2, -0.15) is 0 Å². The Morgan fingerprint density at radius 1 is 1.25 bits per heavy atom. The highest BCUT2D eigenvalue weighted by Gasteiger charge is 2.24. The average molecular weight is 447 g/mol. The number of terminal acetylenes is 1. The molecular weight excluding hydrogens is 424 g/mol. The summed E-state index contributed by atoms with van der Waals surface area (Å²) in [5.41, 5.74) is 2.81. The number of amides is 1. The average Bonchev–Trinajstić information content (AvgIpc) is 3.57. The first-order valence-corrected chi connectivity index (χ1v) is 10.9. The van der Waals surface area contributed by atoms with Crippen LogP contribution in [0.15, 0.2) is 42.6 Å². The fraction of sp³-hybridized carbons (Fsp3) is 0.269. The molecular formula is C26H23ClN2O3. The third kappa shape index (κ3) is 5.09. The van der Waals surface area contributed by atoms with Crippen molar-refractivity contribution in [3.63, 3.8) is 0 Å². The van der Waals surface area contributed by atoms with Crippen molar-refractivity contribution in [1.29, 1.82) is 0 Å². The number of aryl methyl sites for hydroxylation is 1. The Morgan fingerprint density at radius 2 is 2.06 bits per heavy atom. The summed E-state index contributed by atoms with van der Waals surface area (Å²) >= 11 is 6.43. The molecule has 1 saturated carbocycles. The Balaban J connectivity index is 1.58. The van der Waals surface area contributed by atoms with E-state index in [2.05, 4.69) is 16.2 Å².